The SMILES string of the molecule is CCCCc1cn(-c2ccccc2Cl)c(=O)n1Cc1cccnc1-c1ccccc1-c1nn[nH]n1. The molecule has 176 valence electrons. The quantitative estimate of drug-likeness (QED) is 0.336. The first-order valence-corrected chi connectivity index (χ1v) is 11.9. The predicted molar refractivity (Wildman–Crippen MR) is 136 cm³/mol. The Morgan fingerprint density at radius 2 is 1.80 bits per heavy atom. The lowest BCUT2D eigenvalue weighted by Gasteiger charge is -2.13. The number of para-hydroxylation sites is 1. The summed E-state index contributed by atoms with van der Waals surface area (Å²) in [5.41, 5.74) is 4.87. The number of benzene rings is 2. The number of tetrazole rings is 1. The molecule has 0 atom stereocenters. The molecule has 0 saturated carbocycles. The number of hydrogen-bond acceptors (Lipinski definition) is 5. The average Bonchev–Trinajstić information content (AvgIpc) is 3.53. The van der Waals surface area contributed by atoms with E-state index in [1.165, 1.54) is 0 Å². The number of aromatic amines is 1. The van der Waals surface area contributed by atoms with Crippen molar-refractivity contribution >= 4 is 11.6 Å². The summed E-state index contributed by atoms with van der Waals surface area (Å²) in [5, 5.41) is 15.0. The smallest absolute Gasteiger partial charge is 0.292 e. The minimum absolute atomic E-state index is 0.134. The monoisotopic (exact) mass is 485 g/mol. The first-order valence-electron chi connectivity index (χ1n) is 11.5. The van der Waals surface area contributed by atoms with Crippen LogP contribution in [0.2, 0.25) is 5.02 Å². The number of pyridine rings is 1. The highest BCUT2D eigenvalue weighted by molar-refractivity contribution is 6.32. The van der Waals surface area contributed by atoms with Crippen LogP contribution in [0.1, 0.15) is 31.0 Å². The largest absolute Gasteiger partial charge is 0.333 e. The van der Waals surface area contributed by atoms with E-state index in [0.717, 1.165) is 47.3 Å². The Morgan fingerprint density at radius 1 is 1.00 bits per heavy atom. The summed E-state index contributed by atoms with van der Waals surface area (Å²) in [5.74, 6) is 0.489. The van der Waals surface area contributed by atoms with E-state index in [2.05, 4.69) is 32.5 Å². The van der Waals surface area contributed by atoms with E-state index in [9.17, 15) is 4.79 Å². The van der Waals surface area contributed by atoms with Gasteiger partial charge in [-0.3, -0.25) is 14.1 Å². The highest BCUT2D eigenvalue weighted by atomic mass is 35.5. The maximum absolute atomic E-state index is 13.6. The van der Waals surface area contributed by atoms with Crippen LogP contribution in [0.25, 0.3) is 28.3 Å². The molecule has 0 aliphatic carbocycles. The van der Waals surface area contributed by atoms with Crippen molar-refractivity contribution in [2.45, 2.75) is 32.7 Å². The Morgan fingerprint density at radius 3 is 2.57 bits per heavy atom. The van der Waals surface area contributed by atoms with Crippen molar-refractivity contribution in [1.82, 2.24) is 34.7 Å². The zero-order valence-corrected chi connectivity index (χ0v) is 20.0. The lowest BCUT2D eigenvalue weighted by molar-refractivity contribution is 0.673. The molecular weight excluding hydrogens is 462 g/mol. The van der Waals surface area contributed by atoms with Crippen molar-refractivity contribution < 1.29 is 0 Å². The highest BCUT2D eigenvalue weighted by Gasteiger charge is 2.18. The van der Waals surface area contributed by atoms with Crippen molar-refractivity contribution in [3.05, 3.63) is 99.8 Å². The first-order chi connectivity index (χ1) is 17.2. The number of unbranched alkanes of at least 4 members (excludes halogenated alkanes) is 1. The van der Waals surface area contributed by atoms with Crippen LogP contribution in [-0.2, 0) is 13.0 Å². The maximum Gasteiger partial charge on any atom is 0.333 e. The van der Waals surface area contributed by atoms with Gasteiger partial charge in [-0.05, 0) is 41.8 Å². The summed E-state index contributed by atoms with van der Waals surface area (Å²) in [7, 11) is 0. The van der Waals surface area contributed by atoms with Gasteiger partial charge in [0.05, 0.1) is 22.9 Å². The number of nitrogens with zero attached hydrogens (tertiary/aromatic N) is 6. The summed E-state index contributed by atoms with van der Waals surface area (Å²) in [6.45, 7) is 2.51. The maximum atomic E-state index is 13.6. The zero-order valence-electron chi connectivity index (χ0n) is 19.2. The van der Waals surface area contributed by atoms with E-state index < -0.39 is 0 Å². The van der Waals surface area contributed by atoms with Crippen molar-refractivity contribution in [2.75, 3.05) is 0 Å². The fourth-order valence-corrected chi connectivity index (χ4v) is 4.44. The van der Waals surface area contributed by atoms with Gasteiger partial charge < -0.3 is 0 Å². The van der Waals surface area contributed by atoms with Crippen molar-refractivity contribution in [2.24, 2.45) is 0 Å². The summed E-state index contributed by atoms with van der Waals surface area (Å²) in [4.78, 5) is 18.3. The molecule has 5 aromatic rings. The fourth-order valence-electron chi connectivity index (χ4n) is 4.21. The number of aryl methyl sites for hydroxylation is 1. The van der Waals surface area contributed by atoms with E-state index in [4.69, 9.17) is 11.6 Å². The van der Waals surface area contributed by atoms with Gasteiger partial charge in [-0.25, -0.2) is 4.79 Å². The van der Waals surface area contributed by atoms with Crippen molar-refractivity contribution in [1.29, 1.82) is 0 Å². The van der Waals surface area contributed by atoms with Gasteiger partial charge in [0.1, 0.15) is 0 Å². The number of imidazole rings is 1. The molecule has 0 bridgehead atoms. The van der Waals surface area contributed by atoms with Gasteiger partial charge in [-0.2, -0.15) is 5.21 Å². The number of halogens is 1. The number of nitrogens with one attached hydrogen (secondary N) is 1. The van der Waals surface area contributed by atoms with Crippen LogP contribution in [0.4, 0.5) is 0 Å². The van der Waals surface area contributed by atoms with Crippen molar-refractivity contribution in [3.63, 3.8) is 0 Å². The van der Waals surface area contributed by atoms with Gasteiger partial charge in [-0.15, -0.1) is 10.2 Å². The Balaban J connectivity index is 1.61. The summed E-state index contributed by atoms with van der Waals surface area (Å²) >= 11 is 6.43. The number of H-pyrrole nitrogens is 1. The van der Waals surface area contributed by atoms with Crippen molar-refractivity contribution in [3.8, 4) is 28.3 Å². The average molecular weight is 486 g/mol. The Labute approximate surface area is 207 Å². The molecular formula is C26H24ClN7O. The van der Waals surface area contributed by atoms with Crippen LogP contribution < -0.4 is 5.69 Å². The standard InChI is InChI=1S/C26H24ClN7O/c1-2-3-10-19-17-34(23-14-7-6-13-22(23)27)26(35)33(19)16-18-9-8-15-28-24(18)20-11-4-5-12-21(20)25-29-31-32-30-25/h4-9,11-15,17H,2-3,10,16H2,1H3,(H,29,30,31,32). The molecule has 9 heteroatoms. The van der Waals surface area contributed by atoms with Gasteiger partial charge in [0.25, 0.3) is 0 Å². The molecule has 5 rings (SSSR count). The lowest BCUT2D eigenvalue weighted by atomic mass is 9.99. The van der Waals surface area contributed by atoms with Gasteiger partial charge in [0.15, 0.2) is 0 Å². The zero-order chi connectivity index (χ0) is 24.2. The van der Waals surface area contributed by atoms with Crippen LogP contribution >= 0.6 is 11.6 Å². The van der Waals surface area contributed by atoms with Gasteiger partial charge in [0, 0.05) is 29.2 Å². The molecule has 0 radical (unpaired) electrons. The fraction of sp³-hybridized carbons (Fsp3) is 0.192. The minimum atomic E-state index is -0.134. The Bertz CT molecular complexity index is 1500. The molecule has 0 amide bonds. The lowest BCUT2D eigenvalue weighted by Crippen LogP contribution is -2.25. The molecule has 0 fully saturated rings. The molecule has 0 unspecified atom stereocenters. The van der Waals surface area contributed by atoms with E-state index in [1.807, 2.05) is 65.4 Å². The molecule has 3 aromatic heterocycles. The molecule has 0 aliphatic rings. The highest BCUT2D eigenvalue weighted by Crippen LogP contribution is 2.31. The van der Waals surface area contributed by atoms with Gasteiger partial charge in [0.2, 0.25) is 5.82 Å². The summed E-state index contributed by atoms with van der Waals surface area (Å²) in [6, 6.07) is 19.1. The normalized spacial score (nSPS) is 11.1. The first kappa shape index (κ1) is 22.7. The third-order valence-electron chi connectivity index (χ3n) is 5.95. The Kier molecular flexibility index (Phi) is 6.54. The van der Waals surface area contributed by atoms with E-state index in [1.54, 1.807) is 16.8 Å². The van der Waals surface area contributed by atoms with Crippen LogP contribution in [-0.4, -0.2) is 34.7 Å². The third kappa shape index (κ3) is 4.52. The third-order valence-corrected chi connectivity index (χ3v) is 6.27. The van der Waals surface area contributed by atoms with Gasteiger partial charge >= 0.3 is 5.69 Å². The Hall–Kier alpha value is -4.04. The topological polar surface area (TPSA) is 94.3 Å². The van der Waals surface area contributed by atoms with Crippen LogP contribution in [0, 0.1) is 0 Å². The number of rotatable bonds is 8. The molecule has 3 heterocycles. The molecule has 0 saturated heterocycles. The van der Waals surface area contributed by atoms with E-state index in [-0.39, 0.29) is 5.69 Å². The summed E-state index contributed by atoms with van der Waals surface area (Å²) < 4.78 is 3.45. The van der Waals surface area contributed by atoms with E-state index >= 15 is 0 Å². The predicted octanol–water partition coefficient (Wildman–Crippen LogP) is 4.93. The molecule has 2 aromatic carbocycles. The molecule has 35 heavy (non-hydrogen) atoms. The molecule has 0 aliphatic heterocycles. The molecule has 8 nitrogen and oxygen atoms in total. The second-order valence-electron chi connectivity index (χ2n) is 8.21. The van der Waals surface area contributed by atoms with E-state index in [0.29, 0.717) is 23.1 Å². The minimum Gasteiger partial charge on any atom is -0.292 e. The molecule has 0 spiro atoms. The number of hydrogen-bond donors (Lipinski definition) is 1. The number of aromatic nitrogens is 7. The second-order valence-corrected chi connectivity index (χ2v) is 8.61. The van der Waals surface area contributed by atoms with Crippen LogP contribution in [0.3, 0.4) is 0 Å². The van der Waals surface area contributed by atoms with Crippen LogP contribution in [0.15, 0.2) is 77.9 Å². The second kappa shape index (κ2) is 10.1. The van der Waals surface area contributed by atoms with Gasteiger partial charge in [-0.1, -0.05) is 67.4 Å². The summed E-state index contributed by atoms with van der Waals surface area (Å²) in [6.07, 6.45) is 6.45. The molecule has 1 N–H and O–H groups in total. The van der Waals surface area contributed by atoms with Crippen LogP contribution in [0.5, 0.6) is 0 Å².